The predicted octanol–water partition coefficient (Wildman–Crippen LogP) is 3.31. The van der Waals surface area contributed by atoms with Crippen molar-refractivity contribution in [2.45, 2.75) is 13.8 Å². The minimum Gasteiger partial charge on any atom is -0.493 e. The summed E-state index contributed by atoms with van der Waals surface area (Å²) < 4.78 is 10.5. The molecule has 0 aliphatic heterocycles. The lowest BCUT2D eigenvalue weighted by atomic mass is 10.2. The number of nitrogens with zero attached hydrogens (tertiary/aromatic N) is 2. The number of rotatable bonds is 6. The number of methoxy groups -OCH3 is 2. The summed E-state index contributed by atoms with van der Waals surface area (Å²) in [6, 6.07) is 5.61. The van der Waals surface area contributed by atoms with Gasteiger partial charge in [0.2, 0.25) is 0 Å². The molecule has 1 aromatic carbocycles. The lowest BCUT2D eigenvalue weighted by molar-refractivity contribution is 0.0768. The Morgan fingerprint density at radius 3 is 2.45 bits per heavy atom. The minimum atomic E-state index is -0.0343. The first-order valence-electron chi connectivity index (χ1n) is 7.11. The number of thiazole rings is 1. The molecule has 0 saturated carbocycles. The van der Waals surface area contributed by atoms with E-state index in [1.807, 2.05) is 32.0 Å². The number of carbonyl (C=O) groups is 1. The van der Waals surface area contributed by atoms with Gasteiger partial charge in [-0.05, 0) is 32.0 Å². The van der Waals surface area contributed by atoms with Crippen LogP contribution in [0.15, 0.2) is 23.6 Å². The monoisotopic (exact) mass is 320 g/mol. The average Bonchev–Trinajstić information content (AvgIpc) is 3.05. The maximum atomic E-state index is 12.3. The van der Waals surface area contributed by atoms with Crippen molar-refractivity contribution in [3.8, 4) is 22.1 Å². The fourth-order valence-electron chi connectivity index (χ4n) is 2.15. The summed E-state index contributed by atoms with van der Waals surface area (Å²) in [6.45, 7) is 5.28. The van der Waals surface area contributed by atoms with Gasteiger partial charge in [0, 0.05) is 24.0 Å². The van der Waals surface area contributed by atoms with E-state index in [2.05, 4.69) is 4.98 Å². The van der Waals surface area contributed by atoms with Crippen LogP contribution in [-0.2, 0) is 0 Å². The smallest absolute Gasteiger partial charge is 0.273 e. The van der Waals surface area contributed by atoms with Crippen molar-refractivity contribution < 1.29 is 14.3 Å². The van der Waals surface area contributed by atoms with Gasteiger partial charge in [0.05, 0.1) is 14.2 Å². The second-order valence-corrected chi connectivity index (χ2v) is 5.44. The molecule has 5 nitrogen and oxygen atoms in total. The maximum Gasteiger partial charge on any atom is 0.273 e. The van der Waals surface area contributed by atoms with E-state index in [4.69, 9.17) is 9.47 Å². The molecule has 0 fully saturated rings. The second kappa shape index (κ2) is 7.26. The molecule has 0 aliphatic rings. The first-order valence-corrected chi connectivity index (χ1v) is 7.99. The van der Waals surface area contributed by atoms with Crippen LogP contribution in [-0.4, -0.2) is 43.1 Å². The molecule has 0 aliphatic carbocycles. The molecule has 2 aromatic rings. The van der Waals surface area contributed by atoms with E-state index in [1.165, 1.54) is 11.3 Å². The Morgan fingerprint density at radius 1 is 1.18 bits per heavy atom. The van der Waals surface area contributed by atoms with Gasteiger partial charge in [-0.1, -0.05) is 0 Å². The molecular weight excluding hydrogens is 300 g/mol. The molecule has 1 heterocycles. The van der Waals surface area contributed by atoms with Crippen molar-refractivity contribution in [2.24, 2.45) is 0 Å². The van der Waals surface area contributed by atoms with Crippen LogP contribution < -0.4 is 9.47 Å². The van der Waals surface area contributed by atoms with Crippen LogP contribution in [0.1, 0.15) is 24.3 Å². The maximum absolute atomic E-state index is 12.3. The zero-order valence-electron chi connectivity index (χ0n) is 13.3. The third-order valence-corrected chi connectivity index (χ3v) is 4.30. The van der Waals surface area contributed by atoms with Crippen LogP contribution in [0.2, 0.25) is 0 Å². The third kappa shape index (κ3) is 3.22. The molecule has 0 atom stereocenters. The van der Waals surface area contributed by atoms with Crippen molar-refractivity contribution in [3.05, 3.63) is 29.3 Å². The van der Waals surface area contributed by atoms with E-state index in [0.29, 0.717) is 30.3 Å². The van der Waals surface area contributed by atoms with Gasteiger partial charge in [-0.15, -0.1) is 11.3 Å². The SMILES string of the molecule is CCN(CC)C(=O)c1csc(-c2ccc(OC)c(OC)c2)n1. The molecule has 2 rings (SSSR count). The normalized spacial score (nSPS) is 10.4. The standard InChI is InChI=1S/C16H20N2O3S/c1-5-18(6-2)16(19)12-10-22-15(17-12)11-7-8-13(20-3)14(9-11)21-4/h7-10H,5-6H2,1-4H3. The summed E-state index contributed by atoms with van der Waals surface area (Å²) in [4.78, 5) is 18.5. The highest BCUT2D eigenvalue weighted by Gasteiger charge is 2.17. The number of aromatic nitrogens is 1. The Hall–Kier alpha value is -2.08. The van der Waals surface area contributed by atoms with E-state index in [-0.39, 0.29) is 5.91 Å². The first kappa shape index (κ1) is 16.3. The Morgan fingerprint density at radius 2 is 1.86 bits per heavy atom. The molecule has 118 valence electrons. The molecule has 0 spiro atoms. The average molecular weight is 320 g/mol. The van der Waals surface area contributed by atoms with Crippen LogP contribution in [0.4, 0.5) is 0 Å². The summed E-state index contributed by atoms with van der Waals surface area (Å²) in [5.74, 6) is 1.28. The summed E-state index contributed by atoms with van der Waals surface area (Å²) in [6.07, 6.45) is 0. The zero-order valence-corrected chi connectivity index (χ0v) is 14.1. The highest BCUT2D eigenvalue weighted by molar-refractivity contribution is 7.13. The fraction of sp³-hybridized carbons (Fsp3) is 0.375. The number of amides is 1. The highest BCUT2D eigenvalue weighted by Crippen LogP contribution is 2.33. The lowest BCUT2D eigenvalue weighted by Crippen LogP contribution is -2.30. The molecule has 0 N–H and O–H groups in total. The van der Waals surface area contributed by atoms with Gasteiger partial charge in [0.1, 0.15) is 10.7 Å². The van der Waals surface area contributed by atoms with Crippen molar-refractivity contribution in [3.63, 3.8) is 0 Å². The van der Waals surface area contributed by atoms with Crippen LogP contribution in [0.25, 0.3) is 10.6 Å². The van der Waals surface area contributed by atoms with Gasteiger partial charge in [0.25, 0.3) is 5.91 Å². The van der Waals surface area contributed by atoms with Crippen LogP contribution in [0, 0.1) is 0 Å². The molecule has 1 amide bonds. The molecule has 0 unspecified atom stereocenters. The Balaban J connectivity index is 2.30. The highest BCUT2D eigenvalue weighted by atomic mass is 32.1. The number of hydrogen-bond acceptors (Lipinski definition) is 5. The van der Waals surface area contributed by atoms with Crippen LogP contribution in [0.5, 0.6) is 11.5 Å². The Labute approximate surface area is 134 Å². The lowest BCUT2D eigenvalue weighted by Gasteiger charge is -2.16. The first-order chi connectivity index (χ1) is 10.6. The van der Waals surface area contributed by atoms with Crippen molar-refractivity contribution in [2.75, 3.05) is 27.3 Å². The third-order valence-electron chi connectivity index (χ3n) is 3.40. The number of hydrogen-bond donors (Lipinski definition) is 0. The molecule has 1 aromatic heterocycles. The molecular formula is C16H20N2O3S. The van der Waals surface area contributed by atoms with Gasteiger partial charge in [0.15, 0.2) is 11.5 Å². The summed E-state index contributed by atoms with van der Waals surface area (Å²) >= 11 is 1.45. The van der Waals surface area contributed by atoms with E-state index in [0.717, 1.165) is 10.6 Å². The Bertz CT molecular complexity index is 651. The van der Waals surface area contributed by atoms with Gasteiger partial charge in [-0.3, -0.25) is 4.79 Å². The van der Waals surface area contributed by atoms with Gasteiger partial charge in [-0.2, -0.15) is 0 Å². The van der Waals surface area contributed by atoms with Crippen molar-refractivity contribution in [1.82, 2.24) is 9.88 Å². The van der Waals surface area contributed by atoms with Crippen molar-refractivity contribution >= 4 is 17.2 Å². The van der Waals surface area contributed by atoms with Gasteiger partial charge in [-0.25, -0.2) is 4.98 Å². The second-order valence-electron chi connectivity index (χ2n) is 4.59. The molecule has 0 saturated heterocycles. The van der Waals surface area contributed by atoms with E-state index in [1.54, 1.807) is 24.5 Å². The zero-order chi connectivity index (χ0) is 16.1. The summed E-state index contributed by atoms with van der Waals surface area (Å²) in [7, 11) is 3.20. The van der Waals surface area contributed by atoms with Gasteiger partial charge >= 0.3 is 0 Å². The van der Waals surface area contributed by atoms with Crippen molar-refractivity contribution in [1.29, 1.82) is 0 Å². The quantitative estimate of drug-likeness (QED) is 0.819. The van der Waals surface area contributed by atoms with Crippen LogP contribution in [0.3, 0.4) is 0 Å². The molecule has 0 bridgehead atoms. The van der Waals surface area contributed by atoms with E-state index < -0.39 is 0 Å². The molecule has 22 heavy (non-hydrogen) atoms. The van der Waals surface area contributed by atoms with Crippen LogP contribution >= 0.6 is 11.3 Å². The number of benzene rings is 1. The fourth-order valence-corrected chi connectivity index (χ4v) is 2.94. The topological polar surface area (TPSA) is 51.7 Å². The summed E-state index contributed by atoms with van der Waals surface area (Å²) in [5, 5.41) is 2.59. The van der Waals surface area contributed by atoms with E-state index >= 15 is 0 Å². The van der Waals surface area contributed by atoms with E-state index in [9.17, 15) is 4.79 Å². The minimum absolute atomic E-state index is 0.0343. The molecule has 6 heteroatoms. The largest absolute Gasteiger partial charge is 0.493 e. The Kier molecular flexibility index (Phi) is 5.38. The molecule has 0 radical (unpaired) electrons. The number of carbonyl (C=O) groups excluding carboxylic acids is 1. The number of ether oxygens (including phenoxy) is 2. The summed E-state index contributed by atoms with van der Waals surface area (Å²) in [5.41, 5.74) is 1.39. The predicted molar refractivity (Wildman–Crippen MR) is 87.9 cm³/mol. The van der Waals surface area contributed by atoms with Gasteiger partial charge < -0.3 is 14.4 Å².